The van der Waals surface area contributed by atoms with E-state index in [0.717, 1.165) is 0 Å². The van der Waals surface area contributed by atoms with E-state index < -0.39 is 5.97 Å². The number of methoxy groups -OCH3 is 1. The van der Waals surface area contributed by atoms with Crippen molar-refractivity contribution in [2.75, 3.05) is 7.11 Å². The first-order chi connectivity index (χ1) is 5.70. The van der Waals surface area contributed by atoms with Crippen molar-refractivity contribution in [3.63, 3.8) is 0 Å². The van der Waals surface area contributed by atoms with E-state index in [-0.39, 0.29) is 5.69 Å². The lowest BCUT2D eigenvalue weighted by molar-refractivity contribution is 0.0589. The zero-order valence-corrected chi connectivity index (χ0v) is 6.96. The van der Waals surface area contributed by atoms with Crippen LogP contribution in [0.1, 0.15) is 21.8 Å². The molecule has 4 heteroatoms. The van der Waals surface area contributed by atoms with Crippen molar-refractivity contribution in [1.29, 1.82) is 0 Å². The number of aryl methyl sites for hydroxylation is 1. The van der Waals surface area contributed by atoms with Gasteiger partial charge in [0.1, 0.15) is 5.76 Å². The van der Waals surface area contributed by atoms with E-state index in [2.05, 4.69) is 16.5 Å². The van der Waals surface area contributed by atoms with Crippen molar-refractivity contribution in [2.24, 2.45) is 0 Å². The van der Waals surface area contributed by atoms with Gasteiger partial charge in [-0.2, -0.15) is 0 Å². The van der Waals surface area contributed by atoms with Crippen molar-refractivity contribution in [1.82, 2.24) is 5.16 Å². The molecule has 0 spiro atoms. The summed E-state index contributed by atoms with van der Waals surface area (Å²) in [5.41, 5.74) is 0.756. The summed E-state index contributed by atoms with van der Waals surface area (Å²) in [5, 5.41) is 3.54. The third-order valence-corrected chi connectivity index (χ3v) is 1.49. The Kier molecular flexibility index (Phi) is 2.28. The van der Waals surface area contributed by atoms with Gasteiger partial charge in [-0.05, 0) is 6.92 Å². The molecule has 1 rings (SSSR count). The molecule has 0 radical (unpaired) electrons. The highest BCUT2D eigenvalue weighted by atomic mass is 16.5. The molecular weight excluding hydrogens is 158 g/mol. The third-order valence-electron chi connectivity index (χ3n) is 1.49. The molecule has 0 unspecified atom stereocenters. The van der Waals surface area contributed by atoms with Crippen molar-refractivity contribution in [2.45, 2.75) is 6.92 Å². The third kappa shape index (κ3) is 1.23. The maximum Gasteiger partial charge on any atom is 0.360 e. The Morgan fingerprint density at radius 2 is 2.42 bits per heavy atom. The number of nitrogens with zero attached hydrogens (tertiary/aromatic N) is 1. The Bertz CT molecular complexity index is 314. The first-order valence-corrected chi connectivity index (χ1v) is 3.37. The summed E-state index contributed by atoms with van der Waals surface area (Å²) in [5.74, 6) is 0.0483. The zero-order valence-electron chi connectivity index (χ0n) is 6.96. The molecule has 1 heterocycles. The average Bonchev–Trinajstić information content (AvgIpc) is 2.45. The van der Waals surface area contributed by atoms with Crippen LogP contribution in [0.3, 0.4) is 0 Å². The lowest BCUT2D eigenvalue weighted by atomic mass is 10.2. The molecule has 0 saturated heterocycles. The van der Waals surface area contributed by atoms with Gasteiger partial charge in [0.25, 0.3) is 0 Å². The summed E-state index contributed by atoms with van der Waals surface area (Å²) >= 11 is 0. The second-order valence-corrected chi connectivity index (χ2v) is 2.20. The number of rotatable bonds is 2. The molecule has 0 aliphatic heterocycles. The van der Waals surface area contributed by atoms with Crippen molar-refractivity contribution in [3.8, 4) is 0 Å². The minimum absolute atomic E-state index is 0.171. The Hall–Kier alpha value is -1.58. The average molecular weight is 167 g/mol. The molecule has 0 atom stereocenters. The summed E-state index contributed by atoms with van der Waals surface area (Å²) in [4.78, 5) is 11.0. The van der Waals surface area contributed by atoms with Gasteiger partial charge < -0.3 is 9.26 Å². The van der Waals surface area contributed by atoms with Gasteiger partial charge in [0, 0.05) is 0 Å². The Morgan fingerprint density at radius 1 is 1.75 bits per heavy atom. The van der Waals surface area contributed by atoms with Crippen LogP contribution < -0.4 is 0 Å². The number of carbonyl (C=O) groups is 1. The highest BCUT2D eigenvalue weighted by molar-refractivity contribution is 5.91. The molecule has 12 heavy (non-hydrogen) atoms. The fraction of sp³-hybridized carbons (Fsp3) is 0.250. The fourth-order valence-corrected chi connectivity index (χ4v) is 0.863. The maximum absolute atomic E-state index is 11.0. The molecule has 4 nitrogen and oxygen atoms in total. The number of ether oxygens (including phenoxy) is 1. The minimum Gasteiger partial charge on any atom is -0.464 e. The normalized spacial score (nSPS) is 9.50. The van der Waals surface area contributed by atoms with Crippen LogP contribution in [-0.4, -0.2) is 18.2 Å². The summed E-state index contributed by atoms with van der Waals surface area (Å²) in [6, 6.07) is 0. The van der Waals surface area contributed by atoms with Crippen molar-refractivity contribution >= 4 is 12.0 Å². The molecule has 0 N–H and O–H groups in total. The number of esters is 1. The molecule has 0 aromatic carbocycles. The van der Waals surface area contributed by atoms with Crippen molar-refractivity contribution < 1.29 is 14.1 Å². The van der Waals surface area contributed by atoms with E-state index in [1.807, 2.05) is 0 Å². The van der Waals surface area contributed by atoms with E-state index >= 15 is 0 Å². The van der Waals surface area contributed by atoms with Crippen LogP contribution in [0.4, 0.5) is 0 Å². The molecule has 0 aliphatic rings. The van der Waals surface area contributed by atoms with Gasteiger partial charge in [0.15, 0.2) is 5.69 Å². The quantitative estimate of drug-likeness (QED) is 0.625. The molecule has 0 saturated carbocycles. The van der Waals surface area contributed by atoms with Crippen LogP contribution in [0.2, 0.25) is 0 Å². The van der Waals surface area contributed by atoms with Gasteiger partial charge in [0.2, 0.25) is 0 Å². The zero-order chi connectivity index (χ0) is 9.14. The Balaban J connectivity index is 3.15. The second-order valence-electron chi connectivity index (χ2n) is 2.20. The number of hydrogen-bond acceptors (Lipinski definition) is 4. The Morgan fingerprint density at radius 3 is 2.92 bits per heavy atom. The molecule has 0 bridgehead atoms. The topological polar surface area (TPSA) is 52.3 Å². The van der Waals surface area contributed by atoms with Crippen LogP contribution >= 0.6 is 0 Å². The summed E-state index contributed by atoms with van der Waals surface area (Å²) in [6.45, 7) is 5.24. The smallest absolute Gasteiger partial charge is 0.360 e. The predicted octanol–water partition coefficient (Wildman–Crippen LogP) is 1.41. The monoisotopic (exact) mass is 167 g/mol. The first kappa shape index (κ1) is 8.52. The van der Waals surface area contributed by atoms with Crippen LogP contribution in [0, 0.1) is 6.92 Å². The molecule has 64 valence electrons. The van der Waals surface area contributed by atoms with Gasteiger partial charge in [0.05, 0.1) is 12.7 Å². The molecule has 0 fully saturated rings. The largest absolute Gasteiger partial charge is 0.464 e. The summed E-state index contributed by atoms with van der Waals surface area (Å²) < 4.78 is 9.27. The van der Waals surface area contributed by atoms with E-state index in [4.69, 9.17) is 4.52 Å². The predicted molar refractivity (Wildman–Crippen MR) is 42.7 cm³/mol. The van der Waals surface area contributed by atoms with Gasteiger partial charge in [-0.15, -0.1) is 0 Å². The number of carbonyl (C=O) groups excluding carboxylic acids is 1. The van der Waals surface area contributed by atoms with Crippen LogP contribution in [0.5, 0.6) is 0 Å². The van der Waals surface area contributed by atoms with Crippen LogP contribution in [0.25, 0.3) is 6.08 Å². The van der Waals surface area contributed by atoms with E-state index in [9.17, 15) is 4.79 Å². The molecule has 0 amide bonds. The highest BCUT2D eigenvalue weighted by Crippen LogP contribution is 2.14. The van der Waals surface area contributed by atoms with E-state index in [1.165, 1.54) is 13.2 Å². The standard InChI is InChI=1S/C8H9NO3/c1-4-6-5(2)12-9-7(6)8(10)11-3/h4H,1H2,2-3H3. The van der Waals surface area contributed by atoms with Gasteiger partial charge in [-0.3, -0.25) is 0 Å². The summed E-state index contributed by atoms with van der Waals surface area (Å²) in [6.07, 6.45) is 1.51. The number of aromatic nitrogens is 1. The molecule has 0 aliphatic carbocycles. The lowest BCUT2D eigenvalue weighted by Crippen LogP contribution is -2.03. The SMILES string of the molecule is C=Cc1c(C(=O)OC)noc1C. The second kappa shape index (κ2) is 3.21. The molecule has 1 aromatic rings. The van der Waals surface area contributed by atoms with E-state index in [1.54, 1.807) is 6.92 Å². The van der Waals surface area contributed by atoms with E-state index in [0.29, 0.717) is 11.3 Å². The fourth-order valence-electron chi connectivity index (χ4n) is 0.863. The van der Waals surface area contributed by atoms with Crippen LogP contribution in [0.15, 0.2) is 11.1 Å². The Labute approximate surface area is 69.8 Å². The maximum atomic E-state index is 11.0. The number of hydrogen-bond donors (Lipinski definition) is 0. The highest BCUT2D eigenvalue weighted by Gasteiger charge is 2.17. The van der Waals surface area contributed by atoms with Gasteiger partial charge in [-0.1, -0.05) is 17.8 Å². The first-order valence-electron chi connectivity index (χ1n) is 3.37. The van der Waals surface area contributed by atoms with Crippen molar-refractivity contribution in [3.05, 3.63) is 23.6 Å². The molecule has 1 aromatic heterocycles. The van der Waals surface area contributed by atoms with Gasteiger partial charge >= 0.3 is 5.97 Å². The minimum atomic E-state index is -0.512. The van der Waals surface area contributed by atoms with Crippen LogP contribution in [-0.2, 0) is 4.74 Å². The van der Waals surface area contributed by atoms with Gasteiger partial charge in [-0.25, -0.2) is 4.79 Å². The summed E-state index contributed by atoms with van der Waals surface area (Å²) in [7, 11) is 1.29. The molecular formula is C8H9NO3. The lowest BCUT2D eigenvalue weighted by Gasteiger charge is -1.93.